The number of nitrogens with zero attached hydrogens (tertiary/aromatic N) is 2. The summed E-state index contributed by atoms with van der Waals surface area (Å²) >= 11 is 0. The van der Waals surface area contributed by atoms with Crippen LogP contribution in [0.5, 0.6) is 5.75 Å². The molecule has 0 unspecified atom stereocenters. The van der Waals surface area contributed by atoms with Crippen LogP contribution in [0, 0.1) is 0 Å². The summed E-state index contributed by atoms with van der Waals surface area (Å²) < 4.78 is 50.4. The van der Waals surface area contributed by atoms with Crippen LogP contribution in [0.4, 0.5) is 8.78 Å². The quantitative estimate of drug-likeness (QED) is 0.327. The van der Waals surface area contributed by atoms with Gasteiger partial charge in [-0.05, 0) is 24.6 Å². The molecule has 0 aliphatic rings. The van der Waals surface area contributed by atoms with Crippen molar-refractivity contribution < 1.29 is 21.9 Å². The zero-order valence-electron chi connectivity index (χ0n) is 14.0. The summed E-state index contributed by atoms with van der Waals surface area (Å²) in [4.78, 5) is 5.99. The van der Waals surface area contributed by atoms with Gasteiger partial charge in [0, 0.05) is 20.1 Å². The van der Waals surface area contributed by atoms with Crippen LogP contribution in [0.1, 0.15) is 12.5 Å². The fraction of sp³-hybridized carbons (Fsp3) is 0.500. The van der Waals surface area contributed by atoms with Crippen LogP contribution in [0.3, 0.4) is 0 Å². The van der Waals surface area contributed by atoms with E-state index in [0.717, 1.165) is 5.56 Å². The van der Waals surface area contributed by atoms with E-state index in [9.17, 15) is 17.2 Å². The van der Waals surface area contributed by atoms with Gasteiger partial charge >= 0.3 is 6.61 Å². The van der Waals surface area contributed by atoms with Gasteiger partial charge in [0.25, 0.3) is 0 Å². The van der Waals surface area contributed by atoms with Gasteiger partial charge in [0.15, 0.2) is 5.96 Å². The van der Waals surface area contributed by atoms with Gasteiger partial charge in [0.05, 0.1) is 12.3 Å². The first-order valence-electron chi connectivity index (χ1n) is 7.25. The average molecular weight is 492 g/mol. The Hall–Kier alpha value is -1.21. The SMILES string of the molecule is CCNC(=NCCS(N)(=O)=O)N(C)Cc1ccc(OC(F)F)cc1.I. The maximum atomic E-state index is 12.1. The minimum absolute atomic E-state index is 0. The predicted molar refractivity (Wildman–Crippen MR) is 104 cm³/mol. The van der Waals surface area contributed by atoms with Crippen molar-refractivity contribution in [2.24, 2.45) is 10.1 Å². The first kappa shape index (κ1) is 23.8. The lowest BCUT2D eigenvalue weighted by molar-refractivity contribution is -0.0498. The molecule has 0 heterocycles. The molecule has 0 saturated heterocycles. The Balaban J connectivity index is 0.00000576. The van der Waals surface area contributed by atoms with Crippen LogP contribution < -0.4 is 15.2 Å². The minimum atomic E-state index is -3.56. The van der Waals surface area contributed by atoms with Crippen molar-refractivity contribution in [2.75, 3.05) is 25.9 Å². The molecule has 1 aromatic carbocycles. The molecule has 0 radical (unpaired) electrons. The summed E-state index contributed by atoms with van der Waals surface area (Å²) in [5, 5.41) is 7.99. The van der Waals surface area contributed by atoms with Gasteiger partial charge in [-0.2, -0.15) is 8.78 Å². The third kappa shape index (κ3) is 10.4. The van der Waals surface area contributed by atoms with Crippen molar-refractivity contribution in [1.29, 1.82) is 0 Å². The highest BCUT2D eigenvalue weighted by Crippen LogP contribution is 2.15. The third-order valence-corrected chi connectivity index (χ3v) is 3.65. The topological polar surface area (TPSA) is 97.0 Å². The van der Waals surface area contributed by atoms with Crippen LogP contribution >= 0.6 is 24.0 Å². The molecule has 11 heteroatoms. The minimum Gasteiger partial charge on any atom is -0.435 e. The highest BCUT2D eigenvalue weighted by molar-refractivity contribution is 14.0. The van der Waals surface area contributed by atoms with E-state index in [1.165, 1.54) is 12.1 Å². The maximum Gasteiger partial charge on any atom is 0.387 e. The number of nitrogens with two attached hydrogens (primary N) is 1. The first-order valence-corrected chi connectivity index (χ1v) is 8.96. The Morgan fingerprint density at radius 2 is 1.96 bits per heavy atom. The molecule has 0 fully saturated rings. The van der Waals surface area contributed by atoms with E-state index in [1.54, 1.807) is 24.1 Å². The second-order valence-electron chi connectivity index (χ2n) is 4.98. The van der Waals surface area contributed by atoms with Gasteiger partial charge in [-0.1, -0.05) is 12.1 Å². The summed E-state index contributed by atoms with van der Waals surface area (Å²) in [7, 11) is -1.78. The van der Waals surface area contributed by atoms with Crippen LogP contribution in [0.25, 0.3) is 0 Å². The number of sulfonamides is 1. The van der Waals surface area contributed by atoms with Crippen molar-refractivity contribution in [3.63, 3.8) is 0 Å². The molecule has 0 amide bonds. The molecule has 0 atom stereocenters. The normalized spacial score (nSPS) is 11.8. The van der Waals surface area contributed by atoms with E-state index >= 15 is 0 Å². The van der Waals surface area contributed by atoms with E-state index in [2.05, 4.69) is 15.0 Å². The first-order chi connectivity index (χ1) is 11.2. The van der Waals surface area contributed by atoms with E-state index in [4.69, 9.17) is 5.14 Å². The van der Waals surface area contributed by atoms with Crippen molar-refractivity contribution in [3.05, 3.63) is 29.8 Å². The summed E-state index contributed by atoms with van der Waals surface area (Å²) in [5.74, 6) is 0.370. The van der Waals surface area contributed by atoms with Gasteiger partial charge in [-0.15, -0.1) is 24.0 Å². The Labute approximate surface area is 163 Å². The van der Waals surface area contributed by atoms with E-state index < -0.39 is 16.6 Å². The Kier molecular flexibility index (Phi) is 10.9. The number of ether oxygens (including phenoxy) is 1. The molecular weight excluding hydrogens is 469 g/mol. The van der Waals surface area contributed by atoms with Crippen LogP contribution in [0.15, 0.2) is 29.3 Å². The third-order valence-electron chi connectivity index (χ3n) is 2.90. The molecule has 0 bridgehead atoms. The average Bonchev–Trinajstić information content (AvgIpc) is 2.46. The summed E-state index contributed by atoms with van der Waals surface area (Å²) in [6.45, 7) is 0.145. The molecule has 144 valence electrons. The molecule has 0 aliphatic carbocycles. The number of nitrogens with one attached hydrogen (secondary N) is 1. The van der Waals surface area contributed by atoms with Crippen molar-refractivity contribution >= 4 is 40.0 Å². The summed E-state index contributed by atoms with van der Waals surface area (Å²) in [6.07, 6.45) is 0. The molecule has 1 aromatic rings. The van der Waals surface area contributed by atoms with Crippen LogP contribution in [-0.2, 0) is 16.6 Å². The second-order valence-corrected chi connectivity index (χ2v) is 6.72. The zero-order valence-corrected chi connectivity index (χ0v) is 17.1. The fourth-order valence-corrected chi connectivity index (χ4v) is 2.22. The van der Waals surface area contributed by atoms with Gasteiger partial charge in [-0.25, -0.2) is 13.6 Å². The number of rotatable bonds is 8. The van der Waals surface area contributed by atoms with E-state index in [-0.39, 0.29) is 42.0 Å². The zero-order chi connectivity index (χ0) is 18.2. The molecule has 0 aromatic heterocycles. The van der Waals surface area contributed by atoms with Gasteiger partial charge < -0.3 is 15.0 Å². The molecule has 7 nitrogen and oxygen atoms in total. The van der Waals surface area contributed by atoms with Crippen molar-refractivity contribution in [2.45, 2.75) is 20.1 Å². The lowest BCUT2D eigenvalue weighted by Gasteiger charge is -2.22. The number of guanidine groups is 1. The summed E-state index contributed by atoms with van der Waals surface area (Å²) in [5.41, 5.74) is 0.858. The lowest BCUT2D eigenvalue weighted by atomic mass is 10.2. The number of hydrogen-bond donors (Lipinski definition) is 2. The van der Waals surface area contributed by atoms with Crippen LogP contribution in [0.2, 0.25) is 0 Å². The Bertz CT molecular complexity index is 642. The van der Waals surface area contributed by atoms with Crippen molar-refractivity contribution in [3.8, 4) is 5.75 Å². The maximum absolute atomic E-state index is 12.1. The lowest BCUT2D eigenvalue weighted by Crippen LogP contribution is -2.39. The van der Waals surface area contributed by atoms with Gasteiger partial charge in [-0.3, -0.25) is 4.99 Å². The smallest absolute Gasteiger partial charge is 0.387 e. The summed E-state index contributed by atoms with van der Waals surface area (Å²) in [6, 6.07) is 6.25. The number of alkyl halides is 2. The van der Waals surface area contributed by atoms with E-state index in [1.807, 2.05) is 6.92 Å². The molecule has 3 N–H and O–H groups in total. The molecule has 0 spiro atoms. The van der Waals surface area contributed by atoms with E-state index in [0.29, 0.717) is 19.0 Å². The van der Waals surface area contributed by atoms with Crippen molar-refractivity contribution in [1.82, 2.24) is 10.2 Å². The van der Waals surface area contributed by atoms with Gasteiger partial charge in [0.1, 0.15) is 5.75 Å². The highest BCUT2D eigenvalue weighted by Gasteiger charge is 2.09. The van der Waals surface area contributed by atoms with Crippen LogP contribution in [-0.4, -0.2) is 51.8 Å². The molecular formula is C14H23F2IN4O3S. The molecule has 1 rings (SSSR count). The Morgan fingerprint density at radius 3 is 2.44 bits per heavy atom. The number of benzene rings is 1. The number of aliphatic imine (C=N–C) groups is 1. The largest absolute Gasteiger partial charge is 0.435 e. The number of primary sulfonamides is 1. The Morgan fingerprint density at radius 1 is 1.36 bits per heavy atom. The monoisotopic (exact) mass is 492 g/mol. The molecule has 25 heavy (non-hydrogen) atoms. The molecule has 0 aliphatic heterocycles. The number of hydrogen-bond acceptors (Lipinski definition) is 4. The predicted octanol–water partition coefficient (Wildman–Crippen LogP) is 1.59. The number of halogens is 3. The van der Waals surface area contributed by atoms with Gasteiger partial charge in [0.2, 0.25) is 10.0 Å². The second kappa shape index (κ2) is 11.4. The highest BCUT2D eigenvalue weighted by atomic mass is 127. The molecule has 0 saturated carbocycles. The standard InChI is InChI=1S/C14H22F2N4O3S.HI/c1-3-18-14(19-8-9-24(17,21)22)20(2)10-11-4-6-12(7-5-11)23-13(15)16;/h4-7,13H,3,8-10H2,1-2H3,(H,18,19)(H2,17,21,22);1H. The fourth-order valence-electron chi connectivity index (χ4n) is 1.87.